The monoisotopic (exact) mass is 333 g/mol. The molecule has 2 aromatic heterocycles. The number of piperazine rings is 1. The van der Waals surface area contributed by atoms with Crippen LogP contribution in [-0.2, 0) is 7.05 Å². The lowest BCUT2D eigenvalue weighted by Crippen LogP contribution is -2.49. The van der Waals surface area contributed by atoms with Gasteiger partial charge in [-0.05, 0) is 12.1 Å². The molecule has 0 unspecified atom stereocenters. The number of aryl methyl sites for hydroxylation is 1. The van der Waals surface area contributed by atoms with Gasteiger partial charge in [0.2, 0.25) is 0 Å². The molecule has 8 heteroatoms. The number of amides is 1. The van der Waals surface area contributed by atoms with Crippen molar-refractivity contribution in [1.82, 2.24) is 19.7 Å². The number of halogens is 1. The first kappa shape index (κ1) is 15.5. The maximum atomic E-state index is 12.5. The highest BCUT2D eigenvalue weighted by atomic mass is 35.5. The van der Waals surface area contributed by atoms with Crippen LogP contribution in [0.2, 0.25) is 5.02 Å². The summed E-state index contributed by atoms with van der Waals surface area (Å²) < 4.78 is 1.17. The number of anilines is 1. The lowest BCUT2D eigenvalue weighted by atomic mass is 10.2. The summed E-state index contributed by atoms with van der Waals surface area (Å²) in [5.74, 6) is -0.166. The third kappa shape index (κ3) is 3.19. The normalized spacial score (nSPS) is 14.9. The average Bonchev–Trinajstić information content (AvgIpc) is 2.57. The SMILES string of the molecule is Cn1nc(C(=O)N2CCN(c3ccncc3Cl)CC2)ccc1=O. The van der Waals surface area contributed by atoms with Crippen molar-refractivity contribution in [1.29, 1.82) is 0 Å². The van der Waals surface area contributed by atoms with Crippen LogP contribution in [0.25, 0.3) is 0 Å². The van der Waals surface area contributed by atoms with Gasteiger partial charge in [0.25, 0.3) is 11.5 Å². The van der Waals surface area contributed by atoms with Gasteiger partial charge in [-0.15, -0.1) is 0 Å². The van der Waals surface area contributed by atoms with Gasteiger partial charge in [0.05, 0.1) is 10.7 Å². The number of carbonyl (C=O) groups is 1. The molecule has 0 radical (unpaired) electrons. The van der Waals surface area contributed by atoms with Crippen LogP contribution in [0.3, 0.4) is 0 Å². The molecule has 23 heavy (non-hydrogen) atoms. The van der Waals surface area contributed by atoms with E-state index in [-0.39, 0.29) is 17.2 Å². The highest BCUT2D eigenvalue weighted by Gasteiger charge is 2.24. The van der Waals surface area contributed by atoms with Gasteiger partial charge in [-0.1, -0.05) is 11.6 Å². The average molecular weight is 334 g/mol. The van der Waals surface area contributed by atoms with Crippen LogP contribution in [0.15, 0.2) is 35.4 Å². The smallest absolute Gasteiger partial charge is 0.274 e. The van der Waals surface area contributed by atoms with E-state index < -0.39 is 0 Å². The van der Waals surface area contributed by atoms with Gasteiger partial charge >= 0.3 is 0 Å². The fourth-order valence-electron chi connectivity index (χ4n) is 2.55. The molecule has 3 heterocycles. The molecule has 1 fully saturated rings. The van der Waals surface area contributed by atoms with E-state index in [1.165, 1.54) is 23.9 Å². The molecule has 0 aliphatic carbocycles. The Morgan fingerprint density at radius 3 is 2.57 bits per heavy atom. The maximum Gasteiger partial charge on any atom is 0.274 e. The first-order valence-electron chi connectivity index (χ1n) is 7.24. The number of rotatable bonds is 2. The van der Waals surface area contributed by atoms with Gasteiger partial charge in [0.1, 0.15) is 5.69 Å². The molecule has 1 saturated heterocycles. The molecule has 2 aromatic rings. The number of pyridine rings is 1. The van der Waals surface area contributed by atoms with Crippen LogP contribution in [0.4, 0.5) is 5.69 Å². The molecule has 1 aliphatic heterocycles. The van der Waals surface area contributed by atoms with Gasteiger partial charge < -0.3 is 9.80 Å². The second-order valence-electron chi connectivity index (χ2n) is 5.29. The first-order chi connectivity index (χ1) is 11.1. The molecule has 0 N–H and O–H groups in total. The molecule has 0 saturated carbocycles. The standard InChI is InChI=1S/C15H16ClN5O2/c1-19-14(22)3-2-12(18-19)15(23)21-8-6-20(7-9-21)13-4-5-17-10-11(13)16/h2-5,10H,6-9H2,1H3. The Bertz CT molecular complexity index is 783. The number of hydrogen-bond acceptors (Lipinski definition) is 5. The van der Waals surface area contributed by atoms with E-state index in [9.17, 15) is 9.59 Å². The predicted molar refractivity (Wildman–Crippen MR) is 86.8 cm³/mol. The van der Waals surface area contributed by atoms with E-state index in [2.05, 4.69) is 15.0 Å². The van der Waals surface area contributed by atoms with E-state index >= 15 is 0 Å². The van der Waals surface area contributed by atoms with Gasteiger partial charge in [0.15, 0.2) is 0 Å². The van der Waals surface area contributed by atoms with Gasteiger partial charge in [-0.3, -0.25) is 14.6 Å². The molecule has 3 rings (SSSR count). The highest BCUT2D eigenvalue weighted by Crippen LogP contribution is 2.25. The summed E-state index contributed by atoms with van der Waals surface area (Å²) in [5.41, 5.74) is 0.968. The van der Waals surface area contributed by atoms with Crippen molar-refractivity contribution in [2.24, 2.45) is 7.05 Å². The van der Waals surface area contributed by atoms with Crippen molar-refractivity contribution in [3.8, 4) is 0 Å². The Morgan fingerprint density at radius 2 is 1.91 bits per heavy atom. The van der Waals surface area contributed by atoms with Crippen molar-refractivity contribution in [2.45, 2.75) is 0 Å². The van der Waals surface area contributed by atoms with Crippen LogP contribution >= 0.6 is 11.6 Å². The fourth-order valence-corrected chi connectivity index (χ4v) is 2.79. The Morgan fingerprint density at radius 1 is 1.17 bits per heavy atom. The molecule has 0 aromatic carbocycles. The topological polar surface area (TPSA) is 71.3 Å². The lowest BCUT2D eigenvalue weighted by molar-refractivity contribution is 0.0738. The summed E-state index contributed by atoms with van der Waals surface area (Å²) in [6.07, 6.45) is 3.32. The van der Waals surface area contributed by atoms with E-state index in [0.29, 0.717) is 31.2 Å². The van der Waals surface area contributed by atoms with Crippen molar-refractivity contribution >= 4 is 23.2 Å². The fraction of sp³-hybridized carbons (Fsp3) is 0.333. The Hall–Kier alpha value is -2.41. The highest BCUT2D eigenvalue weighted by molar-refractivity contribution is 6.33. The van der Waals surface area contributed by atoms with Crippen molar-refractivity contribution in [2.75, 3.05) is 31.1 Å². The lowest BCUT2D eigenvalue weighted by Gasteiger charge is -2.36. The molecule has 120 valence electrons. The van der Waals surface area contributed by atoms with Crippen LogP contribution in [0.5, 0.6) is 0 Å². The summed E-state index contributed by atoms with van der Waals surface area (Å²) in [6.45, 7) is 2.51. The number of nitrogens with zero attached hydrogens (tertiary/aromatic N) is 5. The van der Waals surface area contributed by atoms with Gasteiger partial charge in [-0.25, -0.2) is 4.68 Å². The van der Waals surface area contributed by atoms with Crippen LogP contribution < -0.4 is 10.5 Å². The molecule has 0 bridgehead atoms. The molecular formula is C15H16ClN5O2. The second kappa shape index (κ2) is 6.37. The van der Waals surface area contributed by atoms with Crippen molar-refractivity contribution in [3.63, 3.8) is 0 Å². The Balaban J connectivity index is 1.69. The third-order valence-corrected chi connectivity index (χ3v) is 4.13. The zero-order chi connectivity index (χ0) is 16.4. The number of aromatic nitrogens is 3. The number of hydrogen-bond donors (Lipinski definition) is 0. The minimum absolute atomic E-state index is 0.166. The van der Waals surface area contributed by atoms with Gasteiger partial charge in [0, 0.05) is 51.7 Å². The molecule has 7 nitrogen and oxygen atoms in total. The summed E-state index contributed by atoms with van der Waals surface area (Å²) >= 11 is 6.16. The maximum absolute atomic E-state index is 12.5. The van der Waals surface area contributed by atoms with E-state index in [0.717, 1.165) is 5.69 Å². The number of carbonyl (C=O) groups excluding carboxylic acids is 1. The molecule has 1 amide bonds. The summed E-state index contributed by atoms with van der Waals surface area (Å²) in [4.78, 5) is 31.7. The van der Waals surface area contributed by atoms with Crippen LogP contribution in [0, 0.1) is 0 Å². The van der Waals surface area contributed by atoms with Crippen molar-refractivity contribution in [3.05, 3.63) is 51.7 Å². The Kier molecular flexibility index (Phi) is 4.29. The zero-order valence-electron chi connectivity index (χ0n) is 12.6. The van der Waals surface area contributed by atoms with E-state index in [1.807, 2.05) is 6.07 Å². The van der Waals surface area contributed by atoms with Crippen LogP contribution in [-0.4, -0.2) is 51.8 Å². The third-order valence-electron chi connectivity index (χ3n) is 3.84. The minimum atomic E-state index is -0.237. The minimum Gasteiger partial charge on any atom is -0.367 e. The molecular weight excluding hydrogens is 318 g/mol. The van der Waals surface area contributed by atoms with Crippen LogP contribution in [0.1, 0.15) is 10.5 Å². The van der Waals surface area contributed by atoms with Crippen molar-refractivity contribution < 1.29 is 4.79 Å². The Labute approximate surface area is 138 Å². The van der Waals surface area contributed by atoms with E-state index in [4.69, 9.17) is 11.6 Å². The first-order valence-corrected chi connectivity index (χ1v) is 7.62. The summed E-state index contributed by atoms with van der Waals surface area (Å²) in [5, 5.41) is 4.61. The quantitative estimate of drug-likeness (QED) is 0.812. The summed E-state index contributed by atoms with van der Waals surface area (Å²) in [7, 11) is 1.53. The van der Waals surface area contributed by atoms with E-state index in [1.54, 1.807) is 17.3 Å². The molecule has 0 spiro atoms. The largest absolute Gasteiger partial charge is 0.367 e. The molecule has 0 atom stereocenters. The second-order valence-corrected chi connectivity index (χ2v) is 5.69. The molecule has 1 aliphatic rings. The summed E-state index contributed by atoms with van der Waals surface area (Å²) in [6, 6.07) is 4.69. The predicted octanol–water partition coefficient (Wildman–Crippen LogP) is 0.791. The zero-order valence-corrected chi connectivity index (χ0v) is 13.4. The van der Waals surface area contributed by atoms with Gasteiger partial charge in [-0.2, -0.15) is 5.10 Å².